The number of alkyl carbamates (subject to hydrolysis) is 1. The Labute approximate surface area is 131 Å². The predicted molar refractivity (Wildman–Crippen MR) is 84.4 cm³/mol. The first-order valence-electron chi connectivity index (χ1n) is 7.53. The summed E-state index contributed by atoms with van der Waals surface area (Å²) in [6.07, 6.45) is -0.405. The van der Waals surface area contributed by atoms with Crippen molar-refractivity contribution in [2.45, 2.75) is 38.3 Å². The predicted octanol–water partition coefficient (Wildman–Crippen LogP) is 2.50. The third-order valence-electron chi connectivity index (χ3n) is 3.62. The van der Waals surface area contributed by atoms with E-state index < -0.39 is 11.7 Å². The van der Waals surface area contributed by atoms with Crippen molar-refractivity contribution in [1.82, 2.24) is 10.2 Å². The van der Waals surface area contributed by atoms with Crippen LogP contribution < -0.4 is 5.32 Å². The fraction of sp³-hybridized carbons (Fsp3) is 0.529. The Morgan fingerprint density at radius 1 is 1.36 bits per heavy atom. The molecule has 1 amide bonds. The molecule has 22 heavy (non-hydrogen) atoms. The van der Waals surface area contributed by atoms with Crippen LogP contribution in [0.3, 0.4) is 0 Å². The van der Waals surface area contributed by atoms with Crippen molar-refractivity contribution in [2.24, 2.45) is 0 Å². The minimum Gasteiger partial charge on any atom is -0.444 e. The fourth-order valence-electron chi connectivity index (χ4n) is 2.76. The molecule has 0 bridgehead atoms. The molecule has 0 aromatic heterocycles. The second kappa shape index (κ2) is 6.80. The van der Waals surface area contributed by atoms with Crippen LogP contribution in [0.2, 0.25) is 0 Å². The van der Waals surface area contributed by atoms with Crippen LogP contribution in [0.4, 0.5) is 4.79 Å². The van der Waals surface area contributed by atoms with E-state index in [2.05, 4.69) is 28.4 Å². The van der Waals surface area contributed by atoms with Gasteiger partial charge in [0.15, 0.2) is 0 Å². The lowest BCUT2D eigenvalue weighted by Gasteiger charge is -2.24. The summed E-state index contributed by atoms with van der Waals surface area (Å²) in [6, 6.07) is 12.2. The second-order valence-electron chi connectivity index (χ2n) is 6.62. The van der Waals surface area contributed by atoms with Gasteiger partial charge in [-0.3, -0.25) is 4.90 Å². The van der Waals surface area contributed by atoms with Gasteiger partial charge in [0.2, 0.25) is 0 Å². The monoisotopic (exact) mass is 301 g/mol. The number of rotatable bonds is 3. The quantitative estimate of drug-likeness (QED) is 0.871. The Bertz CT molecular complexity index is 545. The van der Waals surface area contributed by atoms with E-state index >= 15 is 0 Å². The van der Waals surface area contributed by atoms with Crippen molar-refractivity contribution in [3.05, 3.63) is 35.9 Å². The number of nitrogens with one attached hydrogen (secondary N) is 1. The summed E-state index contributed by atoms with van der Waals surface area (Å²) in [6.45, 7) is 7.33. The number of nitriles is 1. The normalized spacial score (nSPS) is 22.1. The molecule has 2 atom stereocenters. The van der Waals surface area contributed by atoms with E-state index in [0.717, 1.165) is 6.54 Å². The van der Waals surface area contributed by atoms with Gasteiger partial charge in [-0.1, -0.05) is 30.3 Å². The number of carbonyl (C=O) groups excluding carboxylic acids is 1. The van der Waals surface area contributed by atoms with Gasteiger partial charge in [0.05, 0.1) is 18.7 Å². The molecule has 5 heteroatoms. The highest BCUT2D eigenvalue weighted by atomic mass is 16.6. The first-order chi connectivity index (χ1) is 10.4. The summed E-state index contributed by atoms with van der Waals surface area (Å²) in [5.41, 5.74) is 0.654. The number of ether oxygens (including phenoxy) is 1. The van der Waals surface area contributed by atoms with E-state index in [-0.39, 0.29) is 12.0 Å². The second-order valence-corrected chi connectivity index (χ2v) is 6.62. The summed E-state index contributed by atoms with van der Waals surface area (Å²) in [4.78, 5) is 14.1. The number of amides is 1. The molecule has 1 aliphatic heterocycles. The van der Waals surface area contributed by atoms with Crippen LogP contribution in [0.5, 0.6) is 0 Å². The lowest BCUT2D eigenvalue weighted by molar-refractivity contribution is 0.0502. The summed E-state index contributed by atoms with van der Waals surface area (Å²) in [5, 5.41) is 11.9. The van der Waals surface area contributed by atoms with Crippen LogP contribution in [-0.2, 0) is 4.74 Å². The average Bonchev–Trinajstić information content (AvgIpc) is 2.80. The van der Waals surface area contributed by atoms with E-state index in [9.17, 15) is 4.79 Å². The van der Waals surface area contributed by atoms with Crippen LogP contribution in [0.1, 0.15) is 32.3 Å². The van der Waals surface area contributed by atoms with Crippen LogP contribution in [0.25, 0.3) is 0 Å². The molecule has 1 heterocycles. The minimum atomic E-state index is -0.517. The summed E-state index contributed by atoms with van der Waals surface area (Å²) >= 11 is 0. The Hall–Kier alpha value is -2.06. The van der Waals surface area contributed by atoms with Gasteiger partial charge in [-0.2, -0.15) is 5.26 Å². The van der Waals surface area contributed by atoms with Gasteiger partial charge in [0.1, 0.15) is 5.60 Å². The van der Waals surface area contributed by atoms with Gasteiger partial charge in [0.25, 0.3) is 0 Å². The lowest BCUT2D eigenvalue weighted by Crippen LogP contribution is -2.42. The van der Waals surface area contributed by atoms with Gasteiger partial charge in [-0.15, -0.1) is 0 Å². The molecule has 1 saturated heterocycles. The smallest absolute Gasteiger partial charge is 0.407 e. The molecule has 1 N–H and O–H groups in total. The molecule has 0 aliphatic carbocycles. The molecular weight excluding hydrogens is 278 g/mol. The molecule has 0 unspecified atom stereocenters. The number of hydrogen-bond acceptors (Lipinski definition) is 4. The molecule has 1 aromatic carbocycles. The molecule has 1 aromatic rings. The molecule has 118 valence electrons. The molecule has 1 fully saturated rings. The number of carbonyl (C=O) groups is 1. The standard InChI is InChI=1S/C17H23N3O2/c1-17(2,3)22-16(21)19-15-12-20(10-9-18)11-14(15)13-7-5-4-6-8-13/h4-8,14-15H,10-12H2,1-3H3,(H,19,21)/t14-,15+/m0/s1. The number of hydrogen-bond donors (Lipinski definition) is 1. The summed E-state index contributed by atoms with van der Waals surface area (Å²) < 4.78 is 5.35. The van der Waals surface area contributed by atoms with Crippen molar-refractivity contribution >= 4 is 6.09 Å². The van der Waals surface area contributed by atoms with Crippen LogP contribution >= 0.6 is 0 Å². The van der Waals surface area contributed by atoms with Gasteiger partial charge in [-0.05, 0) is 26.3 Å². The van der Waals surface area contributed by atoms with Crippen LogP contribution in [-0.4, -0.2) is 42.3 Å². The number of nitrogens with zero attached hydrogens (tertiary/aromatic N) is 2. The zero-order valence-electron chi connectivity index (χ0n) is 13.4. The first kappa shape index (κ1) is 16.3. The SMILES string of the molecule is CC(C)(C)OC(=O)N[C@@H]1CN(CC#N)C[C@H]1c1ccccc1. The van der Waals surface area contributed by atoms with Gasteiger partial charge in [0, 0.05) is 19.0 Å². The van der Waals surface area contributed by atoms with Gasteiger partial charge in [-0.25, -0.2) is 4.79 Å². The Balaban J connectivity index is 2.09. The third-order valence-corrected chi connectivity index (χ3v) is 3.62. The van der Waals surface area contributed by atoms with Crippen molar-refractivity contribution in [2.75, 3.05) is 19.6 Å². The molecule has 2 rings (SSSR count). The molecule has 0 saturated carbocycles. The Morgan fingerprint density at radius 3 is 2.64 bits per heavy atom. The highest BCUT2D eigenvalue weighted by Crippen LogP contribution is 2.27. The number of likely N-dealkylation sites (tertiary alicyclic amines) is 1. The van der Waals surface area contributed by atoms with E-state index in [1.165, 1.54) is 5.56 Å². The van der Waals surface area contributed by atoms with Crippen molar-refractivity contribution in [1.29, 1.82) is 5.26 Å². The van der Waals surface area contributed by atoms with E-state index in [1.54, 1.807) is 0 Å². The Morgan fingerprint density at radius 2 is 2.05 bits per heavy atom. The molecule has 5 nitrogen and oxygen atoms in total. The van der Waals surface area contributed by atoms with E-state index in [4.69, 9.17) is 10.00 Å². The zero-order valence-corrected chi connectivity index (χ0v) is 13.4. The lowest BCUT2D eigenvalue weighted by atomic mass is 9.94. The maximum absolute atomic E-state index is 12.0. The highest BCUT2D eigenvalue weighted by molar-refractivity contribution is 5.68. The fourth-order valence-corrected chi connectivity index (χ4v) is 2.76. The van der Waals surface area contributed by atoms with Crippen LogP contribution in [0, 0.1) is 11.3 Å². The third kappa shape index (κ3) is 4.47. The van der Waals surface area contributed by atoms with E-state index in [1.807, 2.05) is 39.0 Å². The molecule has 1 aliphatic rings. The maximum atomic E-state index is 12.0. The summed E-state index contributed by atoms with van der Waals surface area (Å²) in [5.74, 6) is 0.169. The molecule has 0 radical (unpaired) electrons. The average molecular weight is 301 g/mol. The number of benzene rings is 1. The maximum Gasteiger partial charge on any atom is 0.407 e. The van der Waals surface area contributed by atoms with Crippen LogP contribution in [0.15, 0.2) is 30.3 Å². The summed E-state index contributed by atoms with van der Waals surface area (Å²) in [7, 11) is 0. The molecule has 0 spiro atoms. The van der Waals surface area contributed by atoms with Crippen molar-refractivity contribution < 1.29 is 9.53 Å². The van der Waals surface area contributed by atoms with Crippen molar-refractivity contribution in [3.63, 3.8) is 0 Å². The largest absolute Gasteiger partial charge is 0.444 e. The highest BCUT2D eigenvalue weighted by Gasteiger charge is 2.35. The molecular formula is C17H23N3O2. The first-order valence-corrected chi connectivity index (χ1v) is 7.53. The Kier molecular flexibility index (Phi) is 5.04. The van der Waals surface area contributed by atoms with E-state index in [0.29, 0.717) is 13.1 Å². The minimum absolute atomic E-state index is 0.0504. The zero-order chi connectivity index (χ0) is 16.2. The topological polar surface area (TPSA) is 65.4 Å². The van der Waals surface area contributed by atoms with Gasteiger partial charge < -0.3 is 10.1 Å². The van der Waals surface area contributed by atoms with Crippen molar-refractivity contribution in [3.8, 4) is 6.07 Å². The van der Waals surface area contributed by atoms with Gasteiger partial charge >= 0.3 is 6.09 Å².